The number of carbonyl (C=O) groups excluding carboxylic acids is 1. The van der Waals surface area contributed by atoms with E-state index in [0.29, 0.717) is 37.5 Å². The zero-order valence-corrected chi connectivity index (χ0v) is 21.7. The standard InChI is InChI=1S/C29H46O5/c1-19-22(17-23(30)18-26(19)31)12-11-21-9-8-16-29(5)24(13-14-25(21)29)20(2)34-27(32)10-6-7-15-28(3,4)33/h11-12,20,23-26,30-31,33H,1,6-10,13-18H2,2-5H3/b21-11+,22-12-/t20-,23+,24+,25-,26-,29+/m0/s1. The summed E-state index contributed by atoms with van der Waals surface area (Å²) in [6.45, 7) is 12.1. The van der Waals surface area contributed by atoms with Gasteiger partial charge in [-0.25, -0.2) is 0 Å². The average molecular weight is 475 g/mol. The fourth-order valence-electron chi connectivity index (χ4n) is 6.69. The van der Waals surface area contributed by atoms with E-state index in [4.69, 9.17) is 4.74 Å². The normalized spacial score (nSPS) is 35.4. The van der Waals surface area contributed by atoms with Crippen LogP contribution in [0.2, 0.25) is 0 Å². The number of hydrogen-bond donors (Lipinski definition) is 3. The van der Waals surface area contributed by atoms with Crippen molar-refractivity contribution in [2.24, 2.45) is 17.3 Å². The van der Waals surface area contributed by atoms with E-state index in [9.17, 15) is 20.1 Å². The molecule has 0 saturated heterocycles. The molecule has 192 valence electrons. The number of carbonyl (C=O) groups is 1. The Bertz CT molecular complexity index is 804. The van der Waals surface area contributed by atoms with Crippen LogP contribution in [-0.2, 0) is 9.53 Å². The van der Waals surface area contributed by atoms with Gasteiger partial charge < -0.3 is 20.1 Å². The molecule has 5 heteroatoms. The largest absolute Gasteiger partial charge is 0.462 e. The van der Waals surface area contributed by atoms with Gasteiger partial charge in [-0.05, 0) is 94.6 Å². The number of rotatable bonds is 8. The van der Waals surface area contributed by atoms with Gasteiger partial charge in [0.2, 0.25) is 0 Å². The molecule has 0 aromatic rings. The van der Waals surface area contributed by atoms with Gasteiger partial charge in [0.05, 0.1) is 17.8 Å². The van der Waals surface area contributed by atoms with Gasteiger partial charge in [-0.15, -0.1) is 0 Å². The summed E-state index contributed by atoms with van der Waals surface area (Å²) in [6.07, 6.45) is 12.1. The average Bonchev–Trinajstić information content (AvgIpc) is 3.09. The van der Waals surface area contributed by atoms with E-state index in [0.717, 1.165) is 56.1 Å². The molecule has 0 aliphatic heterocycles. The van der Waals surface area contributed by atoms with Crippen LogP contribution < -0.4 is 0 Å². The number of aliphatic hydroxyl groups is 3. The van der Waals surface area contributed by atoms with E-state index < -0.39 is 17.8 Å². The first-order valence-electron chi connectivity index (χ1n) is 13.3. The van der Waals surface area contributed by atoms with Crippen LogP contribution in [0, 0.1) is 17.3 Å². The third kappa shape index (κ3) is 6.61. The number of hydrogen-bond acceptors (Lipinski definition) is 5. The van der Waals surface area contributed by atoms with Gasteiger partial charge >= 0.3 is 5.97 Å². The van der Waals surface area contributed by atoms with Gasteiger partial charge in [0.25, 0.3) is 0 Å². The van der Waals surface area contributed by atoms with Crippen molar-refractivity contribution >= 4 is 5.97 Å². The zero-order chi connectivity index (χ0) is 25.1. The second kappa shape index (κ2) is 11.1. The van der Waals surface area contributed by atoms with Crippen molar-refractivity contribution in [3.8, 4) is 0 Å². The molecule has 3 aliphatic carbocycles. The topological polar surface area (TPSA) is 87.0 Å². The number of allylic oxidation sites excluding steroid dienone is 3. The molecule has 0 heterocycles. The Morgan fingerprint density at radius 2 is 2.00 bits per heavy atom. The smallest absolute Gasteiger partial charge is 0.306 e. The summed E-state index contributed by atoms with van der Waals surface area (Å²) in [7, 11) is 0. The van der Waals surface area contributed by atoms with Crippen molar-refractivity contribution in [1.29, 1.82) is 0 Å². The highest BCUT2D eigenvalue weighted by atomic mass is 16.5. The predicted molar refractivity (Wildman–Crippen MR) is 135 cm³/mol. The molecule has 0 aromatic heterocycles. The molecule has 0 radical (unpaired) electrons. The SMILES string of the molecule is C=C1/C(=C\C=C2/CCC[C@]3(C)[C@@H]([C@H](C)OC(=O)CCCCC(C)(C)O)CC[C@@H]23)C[C@@H](O)C[C@@H]1O. The lowest BCUT2D eigenvalue weighted by molar-refractivity contribution is -0.153. The second-order valence-electron chi connectivity index (χ2n) is 11.9. The summed E-state index contributed by atoms with van der Waals surface area (Å²) < 4.78 is 5.91. The van der Waals surface area contributed by atoms with Crippen molar-refractivity contribution in [1.82, 2.24) is 0 Å². The Morgan fingerprint density at radius 1 is 1.26 bits per heavy atom. The maximum absolute atomic E-state index is 12.5. The van der Waals surface area contributed by atoms with Crippen LogP contribution in [0.5, 0.6) is 0 Å². The monoisotopic (exact) mass is 474 g/mol. The van der Waals surface area contributed by atoms with Crippen molar-refractivity contribution in [3.05, 3.63) is 35.5 Å². The molecule has 5 nitrogen and oxygen atoms in total. The molecular formula is C29H46O5. The molecule has 3 fully saturated rings. The van der Waals surface area contributed by atoms with E-state index in [1.165, 1.54) is 5.57 Å². The first kappa shape index (κ1) is 27.2. The van der Waals surface area contributed by atoms with Gasteiger partial charge in [0.1, 0.15) is 6.10 Å². The van der Waals surface area contributed by atoms with Crippen LogP contribution in [0.25, 0.3) is 0 Å². The number of ether oxygens (including phenoxy) is 1. The minimum atomic E-state index is -0.684. The van der Waals surface area contributed by atoms with Crippen molar-refractivity contribution in [3.63, 3.8) is 0 Å². The summed E-state index contributed by atoms with van der Waals surface area (Å²) in [4.78, 5) is 12.5. The summed E-state index contributed by atoms with van der Waals surface area (Å²) >= 11 is 0. The molecule has 34 heavy (non-hydrogen) atoms. The van der Waals surface area contributed by atoms with Crippen LogP contribution >= 0.6 is 0 Å². The van der Waals surface area contributed by atoms with Crippen LogP contribution in [0.15, 0.2) is 35.5 Å². The molecular weight excluding hydrogens is 428 g/mol. The van der Waals surface area contributed by atoms with Gasteiger partial charge in [0.15, 0.2) is 0 Å². The van der Waals surface area contributed by atoms with E-state index in [-0.39, 0.29) is 17.5 Å². The van der Waals surface area contributed by atoms with E-state index >= 15 is 0 Å². The summed E-state index contributed by atoms with van der Waals surface area (Å²) in [5.74, 6) is 0.699. The molecule has 3 N–H and O–H groups in total. The van der Waals surface area contributed by atoms with E-state index in [1.807, 2.05) is 0 Å². The fourth-order valence-corrected chi connectivity index (χ4v) is 6.69. The highest BCUT2D eigenvalue weighted by Crippen LogP contribution is 2.58. The third-order valence-electron chi connectivity index (χ3n) is 8.61. The number of fused-ring (bicyclic) bond motifs is 1. The first-order chi connectivity index (χ1) is 15.9. The Kier molecular flexibility index (Phi) is 8.86. The van der Waals surface area contributed by atoms with Crippen LogP contribution in [0.4, 0.5) is 0 Å². The quantitative estimate of drug-likeness (QED) is 0.324. The second-order valence-corrected chi connectivity index (χ2v) is 11.9. The molecule has 0 aromatic carbocycles. The summed E-state index contributed by atoms with van der Waals surface area (Å²) in [6, 6.07) is 0. The Balaban J connectivity index is 1.61. The fraction of sp³-hybridized carbons (Fsp3) is 0.759. The molecule has 3 aliphatic rings. The van der Waals surface area contributed by atoms with Crippen molar-refractivity contribution in [2.75, 3.05) is 0 Å². The Hall–Kier alpha value is -1.43. The van der Waals surface area contributed by atoms with Gasteiger partial charge in [-0.3, -0.25) is 4.79 Å². The molecule has 0 bridgehead atoms. The van der Waals surface area contributed by atoms with Crippen LogP contribution in [0.3, 0.4) is 0 Å². The third-order valence-corrected chi connectivity index (χ3v) is 8.61. The van der Waals surface area contributed by atoms with Gasteiger partial charge in [-0.2, -0.15) is 0 Å². The molecule has 0 unspecified atom stereocenters. The predicted octanol–water partition coefficient (Wildman–Crippen LogP) is 5.39. The van der Waals surface area contributed by atoms with Crippen LogP contribution in [0.1, 0.15) is 98.3 Å². The van der Waals surface area contributed by atoms with Crippen molar-refractivity contribution < 1.29 is 24.9 Å². The maximum Gasteiger partial charge on any atom is 0.306 e. The van der Waals surface area contributed by atoms with E-state index in [1.54, 1.807) is 13.8 Å². The van der Waals surface area contributed by atoms with Crippen molar-refractivity contribution in [2.45, 2.75) is 122 Å². The molecule has 0 spiro atoms. The number of esters is 1. The minimum Gasteiger partial charge on any atom is -0.462 e. The highest BCUT2D eigenvalue weighted by Gasteiger charge is 2.51. The summed E-state index contributed by atoms with van der Waals surface area (Å²) in [5, 5.41) is 30.0. The maximum atomic E-state index is 12.5. The molecule has 3 saturated carbocycles. The molecule has 6 atom stereocenters. The van der Waals surface area contributed by atoms with Gasteiger partial charge in [-0.1, -0.05) is 37.6 Å². The Morgan fingerprint density at radius 3 is 2.71 bits per heavy atom. The Labute approximate surface area is 206 Å². The highest BCUT2D eigenvalue weighted by molar-refractivity contribution is 5.69. The summed E-state index contributed by atoms with van der Waals surface area (Å²) in [5.41, 5.74) is 2.56. The lowest BCUT2D eigenvalue weighted by atomic mass is 9.62. The van der Waals surface area contributed by atoms with E-state index in [2.05, 4.69) is 32.6 Å². The zero-order valence-electron chi connectivity index (χ0n) is 21.7. The lowest BCUT2D eigenvalue weighted by Gasteiger charge is -2.44. The molecule has 3 rings (SSSR count). The molecule has 0 amide bonds. The lowest BCUT2D eigenvalue weighted by Crippen LogP contribution is -2.39. The number of aliphatic hydroxyl groups excluding tert-OH is 2. The minimum absolute atomic E-state index is 0.0992. The van der Waals surface area contributed by atoms with Gasteiger partial charge in [0, 0.05) is 18.8 Å². The van der Waals surface area contributed by atoms with Crippen LogP contribution in [-0.4, -0.2) is 45.2 Å². The number of unbranched alkanes of at least 4 members (excludes halogenated alkanes) is 1. The first-order valence-corrected chi connectivity index (χ1v) is 13.3.